The first-order valence-corrected chi connectivity index (χ1v) is 9.06. The van der Waals surface area contributed by atoms with E-state index in [-0.39, 0.29) is 17.1 Å². The highest BCUT2D eigenvalue weighted by atomic mass is 32.2. The lowest BCUT2D eigenvalue weighted by atomic mass is 9.88. The number of unbranched alkanes of at least 4 members (excludes halogenated alkanes) is 1. The number of thiol groups is 1. The smallest absolute Gasteiger partial charge is 0.303 e. The standard InChI is InChI=1S/C15H28O3S2/c1-15(2,19)10-8-12(13(16)9-11-20-3)6-4-5-7-14(17)18/h12,19H,4-11H2,1-3H3,(H,17,18). The lowest BCUT2D eigenvalue weighted by molar-refractivity contribution is -0.137. The number of ketones is 1. The summed E-state index contributed by atoms with van der Waals surface area (Å²) in [5.41, 5.74) is 0. The van der Waals surface area contributed by atoms with Crippen LogP contribution in [0.5, 0.6) is 0 Å². The molecule has 0 aromatic heterocycles. The van der Waals surface area contributed by atoms with Gasteiger partial charge in [0.1, 0.15) is 5.78 Å². The Morgan fingerprint density at radius 1 is 1.20 bits per heavy atom. The zero-order valence-electron chi connectivity index (χ0n) is 12.9. The van der Waals surface area contributed by atoms with Gasteiger partial charge >= 0.3 is 5.97 Å². The molecular weight excluding hydrogens is 292 g/mol. The summed E-state index contributed by atoms with van der Waals surface area (Å²) in [6.07, 6.45) is 6.88. The predicted octanol–water partition coefficient (Wildman–Crippen LogP) is 4.06. The molecule has 0 amide bonds. The van der Waals surface area contributed by atoms with Gasteiger partial charge in [0, 0.05) is 23.5 Å². The molecule has 20 heavy (non-hydrogen) atoms. The number of hydrogen-bond acceptors (Lipinski definition) is 4. The Bertz CT molecular complexity index is 298. The summed E-state index contributed by atoms with van der Waals surface area (Å²) >= 11 is 6.20. The lowest BCUT2D eigenvalue weighted by Crippen LogP contribution is -2.20. The van der Waals surface area contributed by atoms with Gasteiger partial charge in [0.05, 0.1) is 0 Å². The predicted molar refractivity (Wildman–Crippen MR) is 89.9 cm³/mol. The van der Waals surface area contributed by atoms with Gasteiger partial charge in [0.15, 0.2) is 0 Å². The summed E-state index contributed by atoms with van der Waals surface area (Å²) in [6, 6.07) is 0. The third-order valence-corrected chi connectivity index (χ3v) is 4.14. The van der Waals surface area contributed by atoms with Crippen LogP contribution in [0.15, 0.2) is 0 Å². The largest absolute Gasteiger partial charge is 0.481 e. The molecule has 0 spiro atoms. The fraction of sp³-hybridized carbons (Fsp3) is 0.867. The molecule has 0 aliphatic carbocycles. The van der Waals surface area contributed by atoms with E-state index in [0.29, 0.717) is 18.6 Å². The van der Waals surface area contributed by atoms with E-state index in [0.717, 1.165) is 31.4 Å². The van der Waals surface area contributed by atoms with E-state index in [4.69, 9.17) is 5.11 Å². The van der Waals surface area contributed by atoms with E-state index in [9.17, 15) is 9.59 Å². The van der Waals surface area contributed by atoms with Crippen molar-refractivity contribution in [1.82, 2.24) is 0 Å². The van der Waals surface area contributed by atoms with Crippen LogP contribution in [-0.4, -0.2) is 33.6 Å². The third kappa shape index (κ3) is 11.6. The highest BCUT2D eigenvalue weighted by molar-refractivity contribution is 7.98. The van der Waals surface area contributed by atoms with E-state index >= 15 is 0 Å². The van der Waals surface area contributed by atoms with Gasteiger partial charge in [0.25, 0.3) is 0 Å². The number of thioether (sulfide) groups is 1. The Morgan fingerprint density at radius 2 is 1.85 bits per heavy atom. The van der Waals surface area contributed by atoms with Crippen molar-refractivity contribution in [3.63, 3.8) is 0 Å². The molecule has 5 heteroatoms. The second-order valence-electron chi connectivity index (χ2n) is 5.90. The molecule has 0 aliphatic rings. The summed E-state index contributed by atoms with van der Waals surface area (Å²) < 4.78 is -0.0564. The number of carboxylic acids is 1. The number of hydrogen-bond donors (Lipinski definition) is 2. The molecule has 0 saturated carbocycles. The van der Waals surface area contributed by atoms with Gasteiger partial charge in [-0.1, -0.05) is 20.3 Å². The van der Waals surface area contributed by atoms with Crippen molar-refractivity contribution < 1.29 is 14.7 Å². The van der Waals surface area contributed by atoms with Gasteiger partial charge in [-0.3, -0.25) is 9.59 Å². The second-order valence-corrected chi connectivity index (χ2v) is 8.09. The van der Waals surface area contributed by atoms with Crippen molar-refractivity contribution in [3.05, 3.63) is 0 Å². The fourth-order valence-corrected chi connectivity index (χ4v) is 2.60. The first-order chi connectivity index (χ1) is 9.26. The van der Waals surface area contributed by atoms with Crippen molar-refractivity contribution in [2.75, 3.05) is 12.0 Å². The van der Waals surface area contributed by atoms with E-state index in [2.05, 4.69) is 26.5 Å². The summed E-state index contributed by atoms with van der Waals surface area (Å²) in [4.78, 5) is 22.7. The second kappa shape index (κ2) is 10.6. The van der Waals surface area contributed by atoms with Gasteiger partial charge in [-0.2, -0.15) is 24.4 Å². The van der Waals surface area contributed by atoms with Crippen molar-refractivity contribution >= 4 is 36.1 Å². The summed E-state index contributed by atoms with van der Waals surface area (Å²) in [6.45, 7) is 4.12. The molecule has 0 aliphatic heterocycles. The molecule has 0 saturated heterocycles. The number of carboxylic acid groups (broad SMARTS) is 1. The Labute approximate surface area is 132 Å². The van der Waals surface area contributed by atoms with Crippen LogP contribution in [-0.2, 0) is 9.59 Å². The van der Waals surface area contributed by atoms with Crippen LogP contribution < -0.4 is 0 Å². The molecule has 3 nitrogen and oxygen atoms in total. The molecule has 0 aromatic carbocycles. The maximum absolute atomic E-state index is 12.2. The minimum Gasteiger partial charge on any atom is -0.481 e. The molecule has 0 rings (SSSR count). The van der Waals surface area contributed by atoms with E-state index in [1.807, 2.05) is 6.26 Å². The average Bonchev–Trinajstić information content (AvgIpc) is 2.33. The van der Waals surface area contributed by atoms with Gasteiger partial charge < -0.3 is 5.11 Å². The Balaban J connectivity index is 4.23. The zero-order chi connectivity index (χ0) is 15.6. The summed E-state index contributed by atoms with van der Waals surface area (Å²) in [5.74, 6) is 0.510. The van der Waals surface area contributed by atoms with E-state index < -0.39 is 5.97 Å². The molecule has 0 radical (unpaired) electrons. The van der Waals surface area contributed by atoms with Crippen molar-refractivity contribution in [1.29, 1.82) is 0 Å². The van der Waals surface area contributed by atoms with E-state index in [1.165, 1.54) is 0 Å². The van der Waals surface area contributed by atoms with Crippen LogP contribution in [0.25, 0.3) is 0 Å². The van der Waals surface area contributed by atoms with Crippen LogP contribution in [0.1, 0.15) is 58.8 Å². The highest BCUT2D eigenvalue weighted by Gasteiger charge is 2.21. The number of rotatable bonds is 12. The van der Waals surface area contributed by atoms with Crippen molar-refractivity contribution in [2.24, 2.45) is 5.92 Å². The molecule has 1 N–H and O–H groups in total. The molecule has 0 bridgehead atoms. The SMILES string of the molecule is CSCCC(=O)C(CCCCC(=O)O)CCC(C)(C)S. The highest BCUT2D eigenvalue weighted by Crippen LogP contribution is 2.26. The Kier molecular flexibility index (Phi) is 10.5. The molecule has 0 aromatic rings. The van der Waals surface area contributed by atoms with Crippen LogP contribution >= 0.6 is 24.4 Å². The third-order valence-electron chi connectivity index (χ3n) is 3.31. The van der Waals surface area contributed by atoms with Crippen LogP contribution in [0.2, 0.25) is 0 Å². The molecular formula is C15H28O3S2. The minimum atomic E-state index is -0.758. The molecule has 0 heterocycles. The van der Waals surface area contributed by atoms with E-state index in [1.54, 1.807) is 11.8 Å². The normalized spacial score (nSPS) is 13.2. The number of carbonyl (C=O) groups excluding carboxylic acids is 1. The summed E-state index contributed by atoms with van der Waals surface area (Å²) in [7, 11) is 0. The average molecular weight is 321 g/mol. The molecule has 118 valence electrons. The van der Waals surface area contributed by atoms with Gasteiger partial charge in [0.2, 0.25) is 0 Å². The molecule has 0 fully saturated rings. The first-order valence-electron chi connectivity index (χ1n) is 7.22. The Morgan fingerprint density at radius 3 is 2.35 bits per heavy atom. The van der Waals surface area contributed by atoms with Crippen molar-refractivity contribution in [2.45, 2.75) is 63.5 Å². The Hall–Kier alpha value is -0.160. The lowest BCUT2D eigenvalue weighted by Gasteiger charge is -2.22. The number of aliphatic carboxylic acids is 1. The van der Waals surface area contributed by atoms with Gasteiger partial charge in [-0.15, -0.1) is 0 Å². The van der Waals surface area contributed by atoms with Gasteiger partial charge in [-0.05, 0) is 37.7 Å². The first kappa shape index (κ1) is 19.8. The van der Waals surface area contributed by atoms with Crippen LogP contribution in [0, 0.1) is 5.92 Å². The molecule has 1 unspecified atom stereocenters. The topological polar surface area (TPSA) is 54.4 Å². The fourth-order valence-electron chi connectivity index (χ4n) is 2.07. The minimum absolute atomic E-state index is 0.0564. The van der Waals surface area contributed by atoms with Crippen molar-refractivity contribution in [3.8, 4) is 0 Å². The molecule has 1 atom stereocenters. The number of Topliss-reactive ketones (excluding diaryl/α,β-unsaturated/α-hetero) is 1. The van der Waals surface area contributed by atoms with Gasteiger partial charge in [-0.25, -0.2) is 0 Å². The number of carbonyl (C=O) groups is 2. The maximum Gasteiger partial charge on any atom is 0.303 e. The summed E-state index contributed by atoms with van der Waals surface area (Å²) in [5, 5.41) is 8.63. The maximum atomic E-state index is 12.2. The quantitative estimate of drug-likeness (QED) is 0.420. The van der Waals surface area contributed by atoms with Crippen LogP contribution in [0.3, 0.4) is 0 Å². The monoisotopic (exact) mass is 320 g/mol. The zero-order valence-corrected chi connectivity index (χ0v) is 14.6. The van der Waals surface area contributed by atoms with Crippen LogP contribution in [0.4, 0.5) is 0 Å².